The lowest BCUT2D eigenvalue weighted by Gasteiger charge is -2.47. The summed E-state index contributed by atoms with van der Waals surface area (Å²) in [7, 11) is 1.15. The van der Waals surface area contributed by atoms with E-state index in [2.05, 4.69) is 79.8 Å². The predicted molar refractivity (Wildman–Crippen MR) is 179 cm³/mol. The minimum atomic E-state index is 0.437. The molecule has 0 nitrogen and oxygen atoms in total. The van der Waals surface area contributed by atoms with Gasteiger partial charge >= 0.3 is 0 Å². The second-order valence-electron chi connectivity index (χ2n) is 12.7. The Morgan fingerprint density at radius 2 is 1.61 bits per heavy atom. The molecule has 0 saturated carbocycles. The quantitative estimate of drug-likeness (QED) is 0.141. The van der Waals surface area contributed by atoms with E-state index in [1.54, 1.807) is 22.3 Å². The Kier molecular flexibility index (Phi) is 16.8. The topological polar surface area (TPSA) is 0 Å². The molecule has 3 atom stereocenters. The molecule has 0 heterocycles. The van der Waals surface area contributed by atoms with Gasteiger partial charge in [0.2, 0.25) is 0 Å². The van der Waals surface area contributed by atoms with Crippen molar-refractivity contribution in [3.05, 3.63) is 70.3 Å². The van der Waals surface area contributed by atoms with Crippen LogP contribution in [-0.4, -0.2) is 12.3 Å². The molecule has 3 rings (SSSR count). The lowest BCUT2D eigenvalue weighted by Crippen LogP contribution is -2.37. The summed E-state index contributed by atoms with van der Waals surface area (Å²) in [4.78, 5) is 0. The summed E-state index contributed by atoms with van der Waals surface area (Å²) in [5.74, 6) is 1.48. The summed E-state index contributed by atoms with van der Waals surface area (Å²) in [5.41, 5.74) is 11.1. The van der Waals surface area contributed by atoms with E-state index in [1.807, 2.05) is 13.8 Å². The highest BCUT2D eigenvalue weighted by Crippen LogP contribution is 2.53. The molecule has 38 heavy (non-hydrogen) atoms. The van der Waals surface area contributed by atoms with Gasteiger partial charge in [-0.3, -0.25) is 0 Å². The first-order valence-electron chi connectivity index (χ1n) is 15.8. The van der Waals surface area contributed by atoms with Crippen molar-refractivity contribution in [2.75, 3.05) is 12.3 Å². The number of hydrogen-bond acceptors (Lipinski definition) is 0. The number of rotatable bonds is 12. The van der Waals surface area contributed by atoms with Gasteiger partial charge in [-0.15, -0.1) is 21.7 Å². The fraction of sp³-hybridized carbons (Fsp3) is 0.676. The molecule has 0 fully saturated rings. The van der Waals surface area contributed by atoms with Crippen molar-refractivity contribution in [3.8, 4) is 0 Å². The SMILES string of the molecule is C=C(C)CCCCCCPCCC(=C)C.CC.CCCc1cc(C)c2c(c1)CC(C)(C)C1CCC(C)=CC21. The molecular formula is C37H63P. The molecule has 0 amide bonds. The van der Waals surface area contributed by atoms with E-state index < -0.39 is 0 Å². The van der Waals surface area contributed by atoms with E-state index in [-0.39, 0.29) is 0 Å². The average Bonchev–Trinajstić information content (AvgIpc) is 2.83. The summed E-state index contributed by atoms with van der Waals surface area (Å²) in [6.07, 6.45) is 19.8. The van der Waals surface area contributed by atoms with Gasteiger partial charge in [-0.2, -0.15) is 0 Å². The third-order valence-corrected chi connectivity index (χ3v) is 9.55. The summed E-state index contributed by atoms with van der Waals surface area (Å²) < 4.78 is 0. The minimum Gasteiger partial charge on any atom is -0.122 e. The molecule has 2 aliphatic rings. The molecule has 0 saturated heterocycles. The molecule has 216 valence electrons. The summed E-state index contributed by atoms with van der Waals surface area (Å²) in [6, 6.07) is 4.97. The van der Waals surface area contributed by atoms with Crippen LogP contribution in [0.2, 0.25) is 0 Å². The summed E-state index contributed by atoms with van der Waals surface area (Å²) in [6.45, 7) is 28.0. The number of aryl methyl sites for hydroxylation is 2. The lowest BCUT2D eigenvalue weighted by atomic mass is 9.57. The molecule has 0 bridgehead atoms. The summed E-state index contributed by atoms with van der Waals surface area (Å²) >= 11 is 0. The van der Waals surface area contributed by atoms with Crippen LogP contribution < -0.4 is 0 Å². The predicted octanol–water partition coefficient (Wildman–Crippen LogP) is 12.2. The van der Waals surface area contributed by atoms with Gasteiger partial charge in [-0.1, -0.05) is 88.8 Å². The Morgan fingerprint density at radius 3 is 2.24 bits per heavy atom. The summed E-state index contributed by atoms with van der Waals surface area (Å²) in [5, 5.41) is 0. The number of unbranched alkanes of at least 4 members (excludes halogenated alkanes) is 3. The smallest absolute Gasteiger partial charge is 0.00595 e. The fourth-order valence-corrected chi connectivity index (χ4v) is 7.67. The third kappa shape index (κ3) is 11.9. The first kappa shape index (κ1) is 34.9. The normalized spacial score (nSPS) is 19.3. The van der Waals surface area contributed by atoms with Crippen LogP contribution in [0.4, 0.5) is 0 Å². The van der Waals surface area contributed by atoms with Gasteiger partial charge in [-0.05, 0) is 125 Å². The van der Waals surface area contributed by atoms with Crippen molar-refractivity contribution >= 4 is 8.58 Å². The van der Waals surface area contributed by atoms with Gasteiger partial charge in [0, 0.05) is 5.92 Å². The van der Waals surface area contributed by atoms with Crippen molar-refractivity contribution in [3.63, 3.8) is 0 Å². The van der Waals surface area contributed by atoms with E-state index in [4.69, 9.17) is 0 Å². The van der Waals surface area contributed by atoms with Crippen LogP contribution in [-0.2, 0) is 12.8 Å². The lowest BCUT2D eigenvalue weighted by molar-refractivity contribution is 0.157. The second-order valence-corrected chi connectivity index (χ2v) is 14.2. The van der Waals surface area contributed by atoms with E-state index in [0.717, 1.165) is 14.5 Å². The van der Waals surface area contributed by atoms with Crippen molar-refractivity contribution in [1.29, 1.82) is 0 Å². The van der Waals surface area contributed by atoms with Crippen molar-refractivity contribution in [1.82, 2.24) is 0 Å². The number of hydrogen-bond donors (Lipinski definition) is 0. The van der Waals surface area contributed by atoms with Crippen LogP contribution in [0.5, 0.6) is 0 Å². The maximum absolute atomic E-state index is 3.93. The largest absolute Gasteiger partial charge is 0.122 e. The maximum atomic E-state index is 3.93. The van der Waals surface area contributed by atoms with Gasteiger partial charge in [0.05, 0.1) is 0 Å². The molecule has 3 unspecified atom stereocenters. The van der Waals surface area contributed by atoms with E-state index >= 15 is 0 Å². The fourth-order valence-electron chi connectivity index (χ4n) is 6.32. The van der Waals surface area contributed by atoms with Crippen molar-refractivity contribution in [2.45, 2.75) is 139 Å². The van der Waals surface area contributed by atoms with Gasteiger partial charge in [0.1, 0.15) is 0 Å². The molecule has 0 spiro atoms. The zero-order valence-corrected chi connectivity index (χ0v) is 28.0. The van der Waals surface area contributed by atoms with Crippen LogP contribution in [0, 0.1) is 18.3 Å². The maximum Gasteiger partial charge on any atom is 0.00595 e. The van der Waals surface area contributed by atoms with Crippen LogP contribution in [0.3, 0.4) is 0 Å². The molecule has 0 aliphatic heterocycles. The highest BCUT2D eigenvalue weighted by molar-refractivity contribution is 7.37. The molecule has 0 aromatic heterocycles. The van der Waals surface area contributed by atoms with Crippen LogP contribution >= 0.6 is 8.58 Å². The second kappa shape index (κ2) is 18.3. The Labute approximate surface area is 241 Å². The van der Waals surface area contributed by atoms with Crippen LogP contribution in [0.15, 0.2) is 48.1 Å². The molecule has 1 heteroatoms. The van der Waals surface area contributed by atoms with Gasteiger partial charge < -0.3 is 0 Å². The van der Waals surface area contributed by atoms with Crippen molar-refractivity contribution < 1.29 is 0 Å². The molecule has 1 aromatic rings. The zero-order valence-electron chi connectivity index (χ0n) is 27.0. The zero-order chi connectivity index (χ0) is 28.7. The van der Waals surface area contributed by atoms with E-state index in [0.29, 0.717) is 11.3 Å². The number of benzene rings is 1. The van der Waals surface area contributed by atoms with Gasteiger partial charge in [-0.25, -0.2) is 0 Å². The Balaban J connectivity index is 0.000000378. The third-order valence-electron chi connectivity index (χ3n) is 8.24. The Bertz CT molecular complexity index is 864. The number of fused-ring (bicyclic) bond motifs is 3. The van der Waals surface area contributed by atoms with E-state index in [9.17, 15) is 0 Å². The highest BCUT2D eigenvalue weighted by Gasteiger charge is 2.42. The first-order valence-corrected chi connectivity index (χ1v) is 17.3. The number of allylic oxidation sites excluding steroid dienone is 4. The molecule has 1 aromatic carbocycles. The van der Waals surface area contributed by atoms with Crippen molar-refractivity contribution in [2.24, 2.45) is 11.3 Å². The van der Waals surface area contributed by atoms with E-state index in [1.165, 1.54) is 99.7 Å². The highest BCUT2D eigenvalue weighted by atomic mass is 31.1. The Morgan fingerprint density at radius 1 is 0.947 bits per heavy atom. The average molecular weight is 539 g/mol. The molecule has 0 N–H and O–H groups in total. The molecule has 2 aliphatic carbocycles. The standard InChI is InChI=1S/C21H30.C14H27P.C2H6/c1-6-7-16-11-15(3)20-17(12-16)13-21(4,5)19-9-8-14(2)10-18(19)20;1-13(2)9-7-5-6-8-11-15-12-10-14(3)4;1-2/h10-12,18-19H,6-9,13H2,1-5H3;15H,1,3,5-12H2,2,4H3;1-2H3. The van der Waals surface area contributed by atoms with Gasteiger partial charge in [0.15, 0.2) is 0 Å². The molecule has 0 radical (unpaired) electrons. The van der Waals surface area contributed by atoms with Gasteiger partial charge in [0.25, 0.3) is 0 Å². The van der Waals surface area contributed by atoms with Crippen LogP contribution in [0.1, 0.15) is 141 Å². The molecular weight excluding hydrogens is 475 g/mol. The monoisotopic (exact) mass is 538 g/mol. The Hall–Kier alpha value is -1.13. The minimum absolute atomic E-state index is 0.437. The first-order chi connectivity index (χ1) is 18.0. The van der Waals surface area contributed by atoms with Crippen LogP contribution in [0.25, 0.3) is 0 Å².